The minimum absolute atomic E-state index is 0. The van der Waals surface area contributed by atoms with E-state index >= 15 is 0 Å². The van der Waals surface area contributed by atoms with Crippen LogP contribution < -0.4 is 15.4 Å². The van der Waals surface area contributed by atoms with E-state index in [1.54, 1.807) is 0 Å². The lowest BCUT2D eigenvalue weighted by atomic mass is 10.0. The van der Waals surface area contributed by atoms with Crippen molar-refractivity contribution in [1.29, 1.82) is 0 Å². The van der Waals surface area contributed by atoms with E-state index in [4.69, 9.17) is 4.74 Å². The summed E-state index contributed by atoms with van der Waals surface area (Å²) in [6, 6.07) is 15.2. The van der Waals surface area contributed by atoms with Crippen LogP contribution in [0.5, 0.6) is 5.88 Å². The predicted molar refractivity (Wildman–Crippen MR) is 136 cm³/mol. The van der Waals surface area contributed by atoms with Crippen molar-refractivity contribution < 1.29 is 4.74 Å². The number of rotatable bonds is 8. The largest absolute Gasteiger partial charge is 0.477 e. The van der Waals surface area contributed by atoms with Gasteiger partial charge in [0.1, 0.15) is 0 Å². The van der Waals surface area contributed by atoms with Crippen molar-refractivity contribution in [3.8, 4) is 5.88 Å². The Morgan fingerprint density at radius 3 is 2.58 bits per heavy atom. The number of aromatic nitrogens is 1. The summed E-state index contributed by atoms with van der Waals surface area (Å²) in [5, 5.41) is 7.02. The Morgan fingerprint density at radius 1 is 1.10 bits per heavy atom. The van der Waals surface area contributed by atoms with Crippen molar-refractivity contribution in [1.82, 2.24) is 20.5 Å². The van der Waals surface area contributed by atoms with E-state index in [0.29, 0.717) is 12.6 Å². The maximum atomic E-state index is 5.79. The molecule has 2 aromatic rings. The zero-order valence-corrected chi connectivity index (χ0v) is 20.6. The number of benzene rings is 1. The van der Waals surface area contributed by atoms with Gasteiger partial charge in [-0.2, -0.15) is 0 Å². The molecule has 1 aromatic heterocycles. The fourth-order valence-electron chi connectivity index (χ4n) is 3.78. The number of hydrogen-bond acceptors (Lipinski definition) is 4. The highest BCUT2D eigenvalue weighted by Crippen LogP contribution is 2.29. The molecule has 2 N–H and O–H groups in total. The maximum Gasteiger partial charge on any atom is 0.213 e. The van der Waals surface area contributed by atoms with Gasteiger partial charge < -0.3 is 15.4 Å². The number of guanidine groups is 1. The van der Waals surface area contributed by atoms with Crippen molar-refractivity contribution in [3.05, 3.63) is 59.8 Å². The Balaban J connectivity index is 0.00000272. The van der Waals surface area contributed by atoms with Crippen LogP contribution in [-0.2, 0) is 13.1 Å². The lowest BCUT2D eigenvalue weighted by molar-refractivity contribution is 0.198. The summed E-state index contributed by atoms with van der Waals surface area (Å²) < 4.78 is 5.79. The molecular weight excluding hydrogens is 501 g/mol. The standard InChI is InChI=1S/C24H33N5O.HI/c1-25-24(27-16-21-9-12-26-23(15-21)30-18-20-7-8-20)28-22-10-13-29(14-11-22)17-19-5-3-2-4-6-19;/h2-6,9,12,15,20,22H,7-8,10-11,13-14,16-18H2,1H3,(H2,25,27,28);1H. The van der Waals surface area contributed by atoms with Gasteiger partial charge >= 0.3 is 0 Å². The third-order valence-corrected chi connectivity index (χ3v) is 5.82. The monoisotopic (exact) mass is 535 g/mol. The summed E-state index contributed by atoms with van der Waals surface area (Å²) in [4.78, 5) is 11.3. The fraction of sp³-hybridized carbons (Fsp3) is 0.500. The molecule has 0 unspecified atom stereocenters. The molecule has 1 saturated carbocycles. The molecular formula is C24H34IN5O. The Labute approximate surface area is 202 Å². The first-order chi connectivity index (χ1) is 14.8. The number of nitrogens with one attached hydrogen (secondary N) is 2. The average molecular weight is 535 g/mol. The van der Waals surface area contributed by atoms with Gasteiger partial charge in [-0.3, -0.25) is 9.89 Å². The molecule has 1 aliphatic carbocycles. The van der Waals surface area contributed by atoms with Crippen LogP contribution >= 0.6 is 24.0 Å². The van der Waals surface area contributed by atoms with Crippen molar-refractivity contribution >= 4 is 29.9 Å². The van der Waals surface area contributed by atoms with Crippen LogP contribution in [0, 0.1) is 5.92 Å². The minimum atomic E-state index is 0. The highest BCUT2D eigenvalue weighted by atomic mass is 127. The molecule has 0 radical (unpaired) electrons. The second kappa shape index (κ2) is 12.2. The van der Waals surface area contributed by atoms with E-state index < -0.39 is 0 Å². The maximum absolute atomic E-state index is 5.79. The van der Waals surface area contributed by atoms with Crippen LogP contribution in [-0.4, -0.2) is 48.6 Å². The van der Waals surface area contributed by atoms with Gasteiger partial charge in [0.05, 0.1) is 6.61 Å². The second-order valence-corrected chi connectivity index (χ2v) is 8.36. The summed E-state index contributed by atoms with van der Waals surface area (Å²) in [5.41, 5.74) is 2.54. The van der Waals surface area contributed by atoms with Crippen LogP contribution in [0.2, 0.25) is 0 Å². The van der Waals surface area contributed by atoms with Crippen LogP contribution in [0.25, 0.3) is 0 Å². The number of pyridine rings is 1. The van der Waals surface area contributed by atoms with Gasteiger partial charge in [0, 0.05) is 51.5 Å². The van der Waals surface area contributed by atoms with Crippen molar-refractivity contribution in [2.24, 2.45) is 10.9 Å². The summed E-state index contributed by atoms with van der Waals surface area (Å²) in [6.07, 6.45) is 6.64. The topological polar surface area (TPSA) is 61.8 Å². The quantitative estimate of drug-likeness (QED) is 0.306. The molecule has 1 saturated heterocycles. The lowest BCUT2D eigenvalue weighted by Gasteiger charge is -2.33. The molecule has 4 rings (SSSR count). The highest BCUT2D eigenvalue weighted by Gasteiger charge is 2.22. The lowest BCUT2D eigenvalue weighted by Crippen LogP contribution is -2.48. The van der Waals surface area contributed by atoms with Crippen LogP contribution in [0.1, 0.15) is 36.8 Å². The molecule has 31 heavy (non-hydrogen) atoms. The predicted octanol–water partition coefficient (Wildman–Crippen LogP) is 3.82. The van der Waals surface area contributed by atoms with E-state index in [1.807, 2.05) is 25.4 Å². The highest BCUT2D eigenvalue weighted by molar-refractivity contribution is 14.0. The molecule has 2 heterocycles. The molecule has 6 nitrogen and oxygen atoms in total. The van der Waals surface area contributed by atoms with Crippen molar-refractivity contribution in [3.63, 3.8) is 0 Å². The van der Waals surface area contributed by atoms with Gasteiger partial charge in [-0.25, -0.2) is 4.98 Å². The molecule has 1 aliphatic heterocycles. The molecule has 0 bridgehead atoms. The smallest absolute Gasteiger partial charge is 0.213 e. The van der Waals surface area contributed by atoms with Gasteiger partial charge in [-0.05, 0) is 48.8 Å². The average Bonchev–Trinajstić information content (AvgIpc) is 3.62. The van der Waals surface area contributed by atoms with E-state index in [9.17, 15) is 0 Å². The molecule has 0 atom stereocenters. The summed E-state index contributed by atoms with van der Waals surface area (Å²) in [7, 11) is 1.83. The fourth-order valence-corrected chi connectivity index (χ4v) is 3.78. The first-order valence-corrected chi connectivity index (χ1v) is 11.1. The Hall–Kier alpha value is -1.87. The third-order valence-electron chi connectivity index (χ3n) is 5.82. The number of halogens is 1. The van der Waals surface area contributed by atoms with E-state index in [1.165, 1.54) is 18.4 Å². The third kappa shape index (κ3) is 7.96. The van der Waals surface area contributed by atoms with Crippen molar-refractivity contribution in [2.45, 2.75) is 44.8 Å². The van der Waals surface area contributed by atoms with E-state index in [0.717, 1.165) is 62.4 Å². The van der Waals surface area contributed by atoms with Gasteiger partial charge in [0.2, 0.25) is 5.88 Å². The van der Waals surface area contributed by atoms with Gasteiger partial charge in [-0.15, -0.1) is 24.0 Å². The van der Waals surface area contributed by atoms with Crippen LogP contribution in [0.3, 0.4) is 0 Å². The summed E-state index contributed by atoms with van der Waals surface area (Å²) in [6.45, 7) is 4.74. The van der Waals surface area contributed by atoms with Gasteiger partial charge in [0.25, 0.3) is 0 Å². The number of likely N-dealkylation sites (tertiary alicyclic amines) is 1. The Bertz CT molecular complexity index is 820. The van der Waals surface area contributed by atoms with Crippen LogP contribution in [0.15, 0.2) is 53.7 Å². The minimum Gasteiger partial charge on any atom is -0.477 e. The van der Waals surface area contributed by atoms with E-state index in [-0.39, 0.29) is 24.0 Å². The first kappa shape index (κ1) is 23.8. The molecule has 0 spiro atoms. The molecule has 2 aliphatic rings. The summed E-state index contributed by atoms with van der Waals surface area (Å²) in [5.74, 6) is 2.31. The SMILES string of the molecule is CN=C(NCc1ccnc(OCC2CC2)c1)NC1CCN(Cc2ccccc2)CC1.I. The van der Waals surface area contributed by atoms with Gasteiger partial charge in [0.15, 0.2) is 5.96 Å². The second-order valence-electron chi connectivity index (χ2n) is 8.36. The number of nitrogens with zero attached hydrogens (tertiary/aromatic N) is 3. The summed E-state index contributed by atoms with van der Waals surface area (Å²) >= 11 is 0. The van der Waals surface area contributed by atoms with Gasteiger partial charge in [-0.1, -0.05) is 30.3 Å². The number of aliphatic imine (C=N–C) groups is 1. The molecule has 168 valence electrons. The number of piperidine rings is 1. The Morgan fingerprint density at radius 2 is 1.87 bits per heavy atom. The molecule has 2 fully saturated rings. The van der Waals surface area contributed by atoms with Crippen LogP contribution in [0.4, 0.5) is 0 Å². The zero-order valence-electron chi connectivity index (χ0n) is 18.3. The Kier molecular flexibility index (Phi) is 9.39. The molecule has 1 aromatic carbocycles. The molecule has 7 heteroatoms. The number of ether oxygens (including phenoxy) is 1. The van der Waals surface area contributed by atoms with Crippen molar-refractivity contribution in [2.75, 3.05) is 26.7 Å². The number of hydrogen-bond donors (Lipinski definition) is 2. The zero-order chi connectivity index (χ0) is 20.6. The van der Waals surface area contributed by atoms with E-state index in [2.05, 4.69) is 55.8 Å². The first-order valence-electron chi connectivity index (χ1n) is 11.1. The molecule has 0 amide bonds. The normalized spacial score (nSPS) is 17.6.